The van der Waals surface area contributed by atoms with Gasteiger partial charge in [0.05, 0.1) is 12.7 Å². The van der Waals surface area contributed by atoms with Gasteiger partial charge in [0.2, 0.25) is 0 Å². The van der Waals surface area contributed by atoms with E-state index in [-0.39, 0.29) is 5.75 Å². The Morgan fingerprint density at radius 3 is 2.23 bits per heavy atom. The van der Waals surface area contributed by atoms with Crippen LogP contribution in [0.1, 0.15) is 12.0 Å². The number of alkyl halides is 2. The molecule has 1 nitrogen and oxygen atoms in total. The summed E-state index contributed by atoms with van der Waals surface area (Å²) in [5, 5.41) is 0. The first kappa shape index (κ1) is 9.83. The Kier molecular flexibility index (Phi) is 2.75. The third-order valence-electron chi connectivity index (χ3n) is 1.51. The molecule has 0 saturated carbocycles. The van der Waals surface area contributed by atoms with Gasteiger partial charge in [-0.3, -0.25) is 0 Å². The van der Waals surface area contributed by atoms with E-state index in [2.05, 4.69) is 4.74 Å². The van der Waals surface area contributed by atoms with E-state index in [0.717, 1.165) is 7.11 Å². The van der Waals surface area contributed by atoms with Gasteiger partial charge in [-0.15, -0.1) is 0 Å². The summed E-state index contributed by atoms with van der Waals surface area (Å²) >= 11 is 0. The first-order valence-electron chi connectivity index (χ1n) is 3.37. The summed E-state index contributed by atoms with van der Waals surface area (Å²) in [4.78, 5) is 0. The monoisotopic (exact) mass is 194 g/mol. The Morgan fingerprint density at radius 2 is 1.77 bits per heavy atom. The zero-order valence-electron chi connectivity index (χ0n) is 6.65. The maximum Gasteiger partial charge on any atom is 0.266 e. The Bertz CT molecular complexity index is 311. The van der Waals surface area contributed by atoms with E-state index in [9.17, 15) is 17.6 Å². The molecule has 0 unspecified atom stereocenters. The van der Waals surface area contributed by atoms with Crippen molar-refractivity contribution >= 4 is 0 Å². The maximum atomic E-state index is 12.8. The second-order valence-electron chi connectivity index (χ2n) is 2.31. The molecule has 13 heavy (non-hydrogen) atoms. The molecule has 0 spiro atoms. The molecule has 0 fully saturated rings. The van der Waals surface area contributed by atoms with Gasteiger partial charge in [0.25, 0.3) is 6.43 Å². The highest BCUT2D eigenvalue weighted by Crippen LogP contribution is 2.27. The van der Waals surface area contributed by atoms with Crippen LogP contribution in [0.3, 0.4) is 0 Å². The summed E-state index contributed by atoms with van der Waals surface area (Å²) < 4.78 is 53.9. The quantitative estimate of drug-likeness (QED) is 0.657. The number of methoxy groups -OCH3 is 1. The zero-order valence-corrected chi connectivity index (χ0v) is 6.65. The molecule has 0 saturated heterocycles. The number of hydrogen-bond donors (Lipinski definition) is 0. The number of rotatable bonds is 2. The van der Waals surface area contributed by atoms with Crippen molar-refractivity contribution < 1.29 is 22.3 Å². The lowest BCUT2D eigenvalue weighted by Crippen LogP contribution is -1.96. The lowest BCUT2D eigenvalue weighted by molar-refractivity contribution is 0.145. The molecule has 0 amide bonds. The van der Waals surface area contributed by atoms with Crippen LogP contribution in [0.5, 0.6) is 5.75 Å². The smallest absolute Gasteiger partial charge is 0.266 e. The predicted molar refractivity (Wildman–Crippen MR) is 37.9 cm³/mol. The summed E-state index contributed by atoms with van der Waals surface area (Å²) in [5.41, 5.74) is -0.960. The summed E-state index contributed by atoms with van der Waals surface area (Å²) in [7, 11) is 1.12. The molecule has 1 rings (SSSR count). The third-order valence-corrected chi connectivity index (χ3v) is 1.51. The Balaban J connectivity index is 3.20. The second-order valence-corrected chi connectivity index (χ2v) is 2.31. The van der Waals surface area contributed by atoms with Crippen LogP contribution in [-0.4, -0.2) is 7.11 Å². The first-order valence-corrected chi connectivity index (χ1v) is 3.37. The Morgan fingerprint density at radius 1 is 1.15 bits per heavy atom. The summed E-state index contributed by atoms with van der Waals surface area (Å²) in [6, 6.07) is 1.02. The van der Waals surface area contributed by atoms with Gasteiger partial charge in [-0.25, -0.2) is 17.6 Å². The Labute approximate surface area is 71.9 Å². The van der Waals surface area contributed by atoms with Crippen molar-refractivity contribution in [2.75, 3.05) is 7.11 Å². The van der Waals surface area contributed by atoms with Gasteiger partial charge in [0.1, 0.15) is 5.82 Å². The van der Waals surface area contributed by atoms with Gasteiger partial charge < -0.3 is 4.74 Å². The Hall–Kier alpha value is -1.26. The molecule has 1 aromatic rings. The summed E-state index contributed by atoms with van der Waals surface area (Å²) in [6.45, 7) is 0. The maximum absolute atomic E-state index is 12.8. The van der Waals surface area contributed by atoms with E-state index in [1.807, 2.05) is 0 Å². The van der Waals surface area contributed by atoms with Crippen molar-refractivity contribution in [3.05, 3.63) is 29.3 Å². The average molecular weight is 194 g/mol. The van der Waals surface area contributed by atoms with Crippen LogP contribution in [0.15, 0.2) is 12.1 Å². The molecule has 0 aromatic heterocycles. The molecule has 72 valence electrons. The molecular weight excluding hydrogens is 188 g/mol. The normalized spacial score (nSPS) is 10.6. The average Bonchev–Trinajstić information content (AvgIpc) is 2.07. The molecule has 0 heterocycles. The van der Waals surface area contributed by atoms with Gasteiger partial charge in [-0.2, -0.15) is 0 Å². The van der Waals surface area contributed by atoms with Crippen LogP contribution in [0.25, 0.3) is 0 Å². The lowest BCUT2D eigenvalue weighted by Gasteiger charge is -2.05. The van der Waals surface area contributed by atoms with E-state index in [1.165, 1.54) is 0 Å². The minimum atomic E-state index is -3.03. The van der Waals surface area contributed by atoms with Crippen molar-refractivity contribution in [3.63, 3.8) is 0 Å². The molecule has 5 heteroatoms. The minimum Gasteiger partial charge on any atom is -0.494 e. The standard InChI is InChI=1S/C8H6F4O/c1-13-7-3-5(9)4(8(11)12)2-6(7)10/h2-3,8H,1H3. The van der Waals surface area contributed by atoms with Crippen molar-refractivity contribution in [2.24, 2.45) is 0 Å². The minimum absolute atomic E-state index is 0.387. The number of benzene rings is 1. The van der Waals surface area contributed by atoms with Crippen molar-refractivity contribution in [3.8, 4) is 5.75 Å². The van der Waals surface area contributed by atoms with Crippen molar-refractivity contribution in [1.82, 2.24) is 0 Å². The largest absolute Gasteiger partial charge is 0.494 e. The van der Waals surface area contributed by atoms with Crippen LogP contribution in [-0.2, 0) is 0 Å². The fourth-order valence-corrected chi connectivity index (χ4v) is 0.868. The molecule has 0 bridgehead atoms. The van der Waals surface area contributed by atoms with E-state index >= 15 is 0 Å². The van der Waals surface area contributed by atoms with Gasteiger partial charge in [0.15, 0.2) is 11.6 Å². The molecule has 1 aromatic carbocycles. The topological polar surface area (TPSA) is 9.23 Å². The molecule has 0 N–H and O–H groups in total. The number of hydrogen-bond acceptors (Lipinski definition) is 1. The number of ether oxygens (including phenoxy) is 1. The first-order chi connectivity index (χ1) is 6.06. The molecule has 0 aliphatic carbocycles. The highest BCUT2D eigenvalue weighted by molar-refractivity contribution is 5.31. The van der Waals surface area contributed by atoms with Crippen LogP contribution in [0, 0.1) is 11.6 Å². The fraction of sp³-hybridized carbons (Fsp3) is 0.250. The van der Waals surface area contributed by atoms with Crippen LogP contribution in [0.4, 0.5) is 17.6 Å². The molecule has 0 aliphatic heterocycles. The molecule has 0 radical (unpaired) electrons. The van der Waals surface area contributed by atoms with Crippen molar-refractivity contribution in [1.29, 1.82) is 0 Å². The fourth-order valence-electron chi connectivity index (χ4n) is 0.868. The summed E-state index contributed by atoms with van der Waals surface area (Å²) in [6.07, 6.45) is -3.03. The van der Waals surface area contributed by atoms with Crippen LogP contribution in [0.2, 0.25) is 0 Å². The lowest BCUT2D eigenvalue weighted by atomic mass is 10.2. The van der Waals surface area contributed by atoms with Crippen molar-refractivity contribution in [2.45, 2.75) is 6.43 Å². The van der Waals surface area contributed by atoms with E-state index in [4.69, 9.17) is 0 Å². The van der Waals surface area contributed by atoms with Crippen LogP contribution >= 0.6 is 0 Å². The van der Waals surface area contributed by atoms with Gasteiger partial charge in [-0.05, 0) is 6.07 Å². The highest BCUT2D eigenvalue weighted by Gasteiger charge is 2.17. The molecule has 0 atom stereocenters. The predicted octanol–water partition coefficient (Wildman–Crippen LogP) is 2.91. The highest BCUT2D eigenvalue weighted by atomic mass is 19.3. The number of halogens is 4. The second kappa shape index (κ2) is 3.64. The van der Waals surface area contributed by atoms with Crippen LogP contribution < -0.4 is 4.74 Å². The SMILES string of the molecule is COc1cc(F)c(C(F)F)cc1F. The van der Waals surface area contributed by atoms with E-state index in [1.54, 1.807) is 0 Å². The van der Waals surface area contributed by atoms with Gasteiger partial charge in [-0.1, -0.05) is 0 Å². The van der Waals surface area contributed by atoms with Gasteiger partial charge >= 0.3 is 0 Å². The zero-order chi connectivity index (χ0) is 10.0. The van der Waals surface area contributed by atoms with Gasteiger partial charge in [0, 0.05) is 6.07 Å². The third kappa shape index (κ3) is 1.91. The van der Waals surface area contributed by atoms with E-state index < -0.39 is 23.6 Å². The molecular formula is C8H6F4O. The summed E-state index contributed by atoms with van der Waals surface area (Å²) in [5.74, 6) is -2.56. The van der Waals surface area contributed by atoms with E-state index in [0.29, 0.717) is 12.1 Å². The molecule has 0 aliphatic rings.